The SMILES string of the molecule is CCC(CC)n1ncc(CNC(C)C)c1C1CC1. The first kappa shape index (κ1) is 13.6. The number of hydrogen-bond acceptors (Lipinski definition) is 2. The van der Waals surface area contributed by atoms with Gasteiger partial charge in [-0.05, 0) is 25.7 Å². The molecule has 1 aromatic heterocycles. The molecule has 102 valence electrons. The second-order valence-corrected chi connectivity index (χ2v) is 5.78. The zero-order valence-corrected chi connectivity index (χ0v) is 12.2. The highest BCUT2D eigenvalue weighted by molar-refractivity contribution is 5.26. The van der Waals surface area contributed by atoms with Crippen LogP contribution in [0.1, 0.15) is 76.6 Å². The fourth-order valence-corrected chi connectivity index (χ4v) is 2.59. The van der Waals surface area contributed by atoms with Crippen molar-refractivity contribution in [3.63, 3.8) is 0 Å². The van der Waals surface area contributed by atoms with Gasteiger partial charge in [0.1, 0.15) is 0 Å². The number of nitrogens with zero attached hydrogens (tertiary/aromatic N) is 2. The largest absolute Gasteiger partial charge is 0.310 e. The molecule has 1 saturated carbocycles. The van der Waals surface area contributed by atoms with Crippen molar-refractivity contribution < 1.29 is 0 Å². The summed E-state index contributed by atoms with van der Waals surface area (Å²) in [7, 11) is 0. The molecule has 1 aliphatic rings. The van der Waals surface area contributed by atoms with E-state index in [9.17, 15) is 0 Å². The molecule has 1 N–H and O–H groups in total. The van der Waals surface area contributed by atoms with E-state index in [1.165, 1.54) is 36.9 Å². The highest BCUT2D eigenvalue weighted by Gasteiger charge is 2.31. The fourth-order valence-electron chi connectivity index (χ4n) is 2.59. The normalized spacial score (nSPS) is 15.9. The van der Waals surface area contributed by atoms with Gasteiger partial charge >= 0.3 is 0 Å². The molecule has 2 rings (SSSR count). The monoisotopic (exact) mass is 249 g/mol. The minimum atomic E-state index is 0.536. The summed E-state index contributed by atoms with van der Waals surface area (Å²) in [6.45, 7) is 9.88. The lowest BCUT2D eigenvalue weighted by Crippen LogP contribution is -2.22. The molecular formula is C15H27N3. The van der Waals surface area contributed by atoms with Gasteiger partial charge in [-0.3, -0.25) is 4.68 Å². The molecule has 0 atom stereocenters. The van der Waals surface area contributed by atoms with Gasteiger partial charge in [-0.15, -0.1) is 0 Å². The Labute approximate surface area is 111 Å². The standard InChI is InChI=1S/C15H27N3/c1-5-14(6-2)18-15(12-7-8-12)13(10-17-18)9-16-11(3)4/h10-12,14,16H,5-9H2,1-4H3. The molecule has 0 bridgehead atoms. The van der Waals surface area contributed by atoms with Crippen LogP contribution in [0.15, 0.2) is 6.20 Å². The first-order chi connectivity index (χ1) is 8.67. The summed E-state index contributed by atoms with van der Waals surface area (Å²) in [5, 5.41) is 8.19. The van der Waals surface area contributed by atoms with Crippen molar-refractivity contribution in [3.8, 4) is 0 Å². The molecule has 0 aliphatic heterocycles. The van der Waals surface area contributed by atoms with Crippen LogP contribution < -0.4 is 5.32 Å². The van der Waals surface area contributed by atoms with Gasteiger partial charge in [-0.25, -0.2) is 0 Å². The molecule has 18 heavy (non-hydrogen) atoms. The van der Waals surface area contributed by atoms with Gasteiger partial charge in [-0.2, -0.15) is 5.10 Å². The van der Waals surface area contributed by atoms with Crippen molar-refractivity contribution in [2.24, 2.45) is 0 Å². The molecule has 0 amide bonds. The van der Waals surface area contributed by atoms with E-state index in [4.69, 9.17) is 0 Å². The van der Waals surface area contributed by atoms with Crippen molar-refractivity contribution in [2.45, 2.75) is 77.9 Å². The number of aromatic nitrogens is 2. The van der Waals surface area contributed by atoms with Crippen molar-refractivity contribution in [3.05, 3.63) is 17.5 Å². The van der Waals surface area contributed by atoms with Crippen molar-refractivity contribution in [1.29, 1.82) is 0 Å². The van der Waals surface area contributed by atoms with Crippen LogP contribution in [-0.4, -0.2) is 15.8 Å². The third-order valence-electron chi connectivity index (χ3n) is 3.87. The van der Waals surface area contributed by atoms with E-state index in [-0.39, 0.29) is 0 Å². The van der Waals surface area contributed by atoms with E-state index in [2.05, 4.69) is 49.0 Å². The van der Waals surface area contributed by atoms with Gasteiger partial charge in [0.2, 0.25) is 0 Å². The molecular weight excluding hydrogens is 222 g/mol. The van der Waals surface area contributed by atoms with Gasteiger partial charge in [0, 0.05) is 29.8 Å². The van der Waals surface area contributed by atoms with E-state index in [1.54, 1.807) is 0 Å². The Bertz CT molecular complexity index is 373. The molecule has 0 unspecified atom stereocenters. The Hall–Kier alpha value is -0.830. The predicted octanol–water partition coefficient (Wildman–Crippen LogP) is 3.62. The van der Waals surface area contributed by atoms with E-state index < -0.39 is 0 Å². The van der Waals surface area contributed by atoms with Crippen molar-refractivity contribution in [2.75, 3.05) is 0 Å². The van der Waals surface area contributed by atoms with E-state index in [1.807, 2.05) is 0 Å². The number of rotatable bonds is 7. The van der Waals surface area contributed by atoms with Crippen molar-refractivity contribution in [1.82, 2.24) is 15.1 Å². The Kier molecular flexibility index (Phi) is 4.44. The fraction of sp³-hybridized carbons (Fsp3) is 0.800. The van der Waals surface area contributed by atoms with Crippen molar-refractivity contribution >= 4 is 0 Å². The lowest BCUT2D eigenvalue weighted by molar-refractivity contribution is 0.413. The highest BCUT2D eigenvalue weighted by Crippen LogP contribution is 2.43. The molecule has 1 aliphatic carbocycles. The van der Waals surface area contributed by atoms with Gasteiger partial charge < -0.3 is 5.32 Å². The Morgan fingerprint density at radius 1 is 1.33 bits per heavy atom. The maximum absolute atomic E-state index is 4.67. The van der Waals surface area contributed by atoms with E-state index in [0.29, 0.717) is 12.1 Å². The predicted molar refractivity (Wildman–Crippen MR) is 75.8 cm³/mol. The van der Waals surface area contributed by atoms with Crippen LogP contribution in [0.25, 0.3) is 0 Å². The Morgan fingerprint density at radius 2 is 2.00 bits per heavy atom. The van der Waals surface area contributed by atoms with Crippen LogP contribution in [0.3, 0.4) is 0 Å². The molecule has 0 saturated heterocycles. The Morgan fingerprint density at radius 3 is 2.50 bits per heavy atom. The molecule has 0 aromatic carbocycles. The van der Waals surface area contributed by atoms with E-state index in [0.717, 1.165) is 12.5 Å². The molecule has 3 heteroatoms. The Balaban J connectivity index is 2.20. The molecule has 1 heterocycles. The summed E-state index contributed by atoms with van der Waals surface area (Å²) < 4.78 is 2.31. The van der Waals surface area contributed by atoms with Crippen LogP contribution in [0, 0.1) is 0 Å². The van der Waals surface area contributed by atoms with Gasteiger partial charge in [-0.1, -0.05) is 27.7 Å². The summed E-state index contributed by atoms with van der Waals surface area (Å²) in [5.74, 6) is 0.775. The zero-order chi connectivity index (χ0) is 13.1. The van der Waals surface area contributed by atoms with Gasteiger partial charge in [0.05, 0.1) is 12.2 Å². The summed E-state index contributed by atoms with van der Waals surface area (Å²) in [6.07, 6.45) is 7.13. The number of hydrogen-bond donors (Lipinski definition) is 1. The maximum Gasteiger partial charge on any atom is 0.0537 e. The maximum atomic E-state index is 4.67. The minimum Gasteiger partial charge on any atom is -0.310 e. The highest BCUT2D eigenvalue weighted by atomic mass is 15.3. The smallest absolute Gasteiger partial charge is 0.0537 e. The molecule has 3 nitrogen and oxygen atoms in total. The molecule has 1 aromatic rings. The third-order valence-corrected chi connectivity index (χ3v) is 3.87. The lowest BCUT2D eigenvalue weighted by atomic mass is 10.1. The first-order valence-electron chi connectivity index (χ1n) is 7.47. The summed E-state index contributed by atoms with van der Waals surface area (Å²) >= 11 is 0. The van der Waals surface area contributed by atoms with Gasteiger partial charge in [0.15, 0.2) is 0 Å². The first-order valence-corrected chi connectivity index (χ1v) is 7.47. The quantitative estimate of drug-likeness (QED) is 0.800. The summed E-state index contributed by atoms with van der Waals surface area (Å²) in [5.41, 5.74) is 2.93. The second kappa shape index (κ2) is 5.87. The van der Waals surface area contributed by atoms with E-state index >= 15 is 0 Å². The zero-order valence-electron chi connectivity index (χ0n) is 12.2. The van der Waals surface area contributed by atoms with Crippen LogP contribution in [0.2, 0.25) is 0 Å². The van der Waals surface area contributed by atoms with Crippen LogP contribution in [-0.2, 0) is 6.54 Å². The topological polar surface area (TPSA) is 29.9 Å². The van der Waals surface area contributed by atoms with Crippen LogP contribution in [0.4, 0.5) is 0 Å². The number of nitrogens with one attached hydrogen (secondary N) is 1. The van der Waals surface area contributed by atoms with Gasteiger partial charge in [0.25, 0.3) is 0 Å². The lowest BCUT2D eigenvalue weighted by Gasteiger charge is -2.18. The summed E-state index contributed by atoms with van der Waals surface area (Å²) in [6, 6.07) is 1.11. The third kappa shape index (κ3) is 2.94. The van der Waals surface area contributed by atoms with Crippen LogP contribution in [0.5, 0.6) is 0 Å². The summed E-state index contributed by atoms with van der Waals surface area (Å²) in [4.78, 5) is 0. The molecule has 1 fully saturated rings. The molecule has 0 spiro atoms. The average molecular weight is 249 g/mol. The second-order valence-electron chi connectivity index (χ2n) is 5.78. The molecule has 0 radical (unpaired) electrons. The minimum absolute atomic E-state index is 0.536. The average Bonchev–Trinajstić information content (AvgIpc) is 3.10. The van der Waals surface area contributed by atoms with Crippen LogP contribution >= 0.6 is 0 Å².